The zero-order valence-electron chi connectivity index (χ0n) is 17.2. The van der Waals surface area contributed by atoms with Crippen molar-refractivity contribution in [1.82, 2.24) is 4.31 Å². The van der Waals surface area contributed by atoms with Gasteiger partial charge in [0, 0.05) is 38.5 Å². The van der Waals surface area contributed by atoms with Crippen molar-refractivity contribution in [3.8, 4) is 11.8 Å². The van der Waals surface area contributed by atoms with Gasteiger partial charge in [0.25, 0.3) is 0 Å². The molecule has 3 rings (SSSR count). The van der Waals surface area contributed by atoms with E-state index >= 15 is 0 Å². The summed E-state index contributed by atoms with van der Waals surface area (Å²) in [6, 6.07) is 16.0. The minimum Gasteiger partial charge on any atom is -0.491 e. The van der Waals surface area contributed by atoms with E-state index in [0.717, 1.165) is 18.7 Å². The van der Waals surface area contributed by atoms with Crippen LogP contribution in [0, 0.1) is 11.3 Å². The zero-order chi connectivity index (χ0) is 21.4. The second-order valence-corrected chi connectivity index (χ2v) is 8.86. The molecular formula is C22H27N3O4S. The van der Waals surface area contributed by atoms with Gasteiger partial charge in [0.1, 0.15) is 12.4 Å². The molecule has 8 heteroatoms. The van der Waals surface area contributed by atoms with Crippen LogP contribution in [0.15, 0.2) is 53.4 Å². The van der Waals surface area contributed by atoms with Gasteiger partial charge in [-0.25, -0.2) is 8.42 Å². The molecule has 0 spiro atoms. The second kappa shape index (κ2) is 10.4. The van der Waals surface area contributed by atoms with Crippen LogP contribution in [0.4, 0.5) is 5.69 Å². The molecule has 1 saturated heterocycles. The molecule has 160 valence electrons. The molecule has 0 atom stereocenters. The maximum absolute atomic E-state index is 13.1. The van der Waals surface area contributed by atoms with Crippen LogP contribution in [-0.4, -0.2) is 58.7 Å². The van der Waals surface area contributed by atoms with Gasteiger partial charge in [-0.2, -0.15) is 9.57 Å². The van der Waals surface area contributed by atoms with Gasteiger partial charge in [0.15, 0.2) is 0 Å². The highest BCUT2D eigenvalue weighted by Crippen LogP contribution is 2.23. The molecular weight excluding hydrogens is 402 g/mol. The lowest BCUT2D eigenvalue weighted by molar-refractivity contribution is 0.110. The van der Waals surface area contributed by atoms with Gasteiger partial charge in [0.05, 0.1) is 23.1 Å². The fourth-order valence-electron chi connectivity index (χ4n) is 3.36. The van der Waals surface area contributed by atoms with Crippen LogP contribution in [0.3, 0.4) is 0 Å². The van der Waals surface area contributed by atoms with Crippen LogP contribution in [0.25, 0.3) is 0 Å². The van der Waals surface area contributed by atoms with Crippen LogP contribution in [0.1, 0.15) is 18.9 Å². The molecule has 1 aliphatic rings. The lowest BCUT2D eigenvalue weighted by Gasteiger charge is -2.23. The number of ether oxygens (including phenoxy) is 2. The Morgan fingerprint density at radius 3 is 2.37 bits per heavy atom. The summed E-state index contributed by atoms with van der Waals surface area (Å²) in [5, 5.41) is 8.95. The molecule has 2 aromatic rings. The number of anilines is 1. The quantitative estimate of drug-likeness (QED) is 0.600. The monoisotopic (exact) mass is 429 g/mol. The van der Waals surface area contributed by atoms with E-state index in [2.05, 4.69) is 11.0 Å². The number of hydrogen-bond acceptors (Lipinski definition) is 6. The predicted molar refractivity (Wildman–Crippen MR) is 115 cm³/mol. The van der Waals surface area contributed by atoms with E-state index in [-0.39, 0.29) is 4.90 Å². The number of hydrogen-bond donors (Lipinski definition) is 0. The maximum atomic E-state index is 13.1. The smallest absolute Gasteiger partial charge is 0.243 e. The highest BCUT2D eigenvalue weighted by molar-refractivity contribution is 7.89. The van der Waals surface area contributed by atoms with E-state index in [1.165, 1.54) is 0 Å². The summed E-state index contributed by atoms with van der Waals surface area (Å²) in [6.07, 6.45) is 0.734. The molecule has 7 nitrogen and oxygen atoms in total. The van der Waals surface area contributed by atoms with E-state index in [9.17, 15) is 8.42 Å². The van der Waals surface area contributed by atoms with Gasteiger partial charge >= 0.3 is 0 Å². The predicted octanol–water partition coefficient (Wildman–Crippen LogP) is 2.87. The molecule has 0 unspecified atom stereocenters. The van der Waals surface area contributed by atoms with Gasteiger partial charge in [0.2, 0.25) is 10.0 Å². The molecule has 1 aliphatic heterocycles. The Labute approximate surface area is 178 Å². The fraction of sp³-hybridized carbons (Fsp3) is 0.409. The number of rotatable bonds is 8. The van der Waals surface area contributed by atoms with Gasteiger partial charge in [-0.1, -0.05) is 0 Å². The summed E-state index contributed by atoms with van der Waals surface area (Å²) >= 11 is 0. The molecule has 0 saturated carbocycles. The molecule has 0 aromatic heterocycles. The van der Waals surface area contributed by atoms with Gasteiger partial charge in [-0.3, -0.25) is 0 Å². The Kier molecular flexibility index (Phi) is 7.69. The molecule has 0 N–H and O–H groups in total. The topological polar surface area (TPSA) is 82.9 Å². The van der Waals surface area contributed by atoms with E-state index in [1.807, 2.05) is 19.1 Å². The van der Waals surface area contributed by atoms with Crippen molar-refractivity contribution in [3.63, 3.8) is 0 Å². The zero-order valence-corrected chi connectivity index (χ0v) is 18.0. The summed E-state index contributed by atoms with van der Waals surface area (Å²) in [7, 11) is -3.56. The minimum absolute atomic E-state index is 0.270. The third-order valence-corrected chi connectivity index (χ3v) is 6.89. The fourth-order valence-corrected chi connectivity index (χ4v) is 4.83. The molecule has 2 aromatic carbocycles. The summed E-state index contributed by atoms with van der Waals surface area (Å²) in [6.45, 7) is 5.74. The molecule has 0 amide bonds. The van der Waals surface area contributed by atoms with Crippen LogP contribution in [0.2, 0.25) is 0 Å². The van der Waals surface area contributed by atoms with E-state index in [0.29, 0.717) is 50.8 Å². The first-order valence-corrected chi connectivity index (χ1v) is 11.5. The Bertz CT molecular complexity index is 953. The van der Waals surface area contributed by atoms with E-state index < -0.39 is 10.0 Å². The van der Waals surface area contributed by atoms with Gasteiger partial charge in [-0.05, 0) is 61.9 Å². The number of nitriles is 1. The SMILES string of the molecule is CCOCCOc1ccc(S(=O)(=O)N2CCCN(c3ccc(C#N)cc3)CC2)cc1. The highest BCUT2D eigenvalue weighted by atomic mass is 32.2. The molecule has 1 heterocycles. The van der Waals surface area contributed by atoms with Crippen LogP contribution >= 0.6 is 0 Å². The van der Waals surface area contributed by atoms with Crippen molar-refractivity contribution in [2.24, 2.45) is 0 Å². The normalized spacial score (nSPS) is 15.4. The molecule has 0 aliphatic carbocycles. The number of benzene rings is 2. The lowest BCUT2D eigenvalue weighted by atomic mass is 10.2. The average Bonchev–Trinajstić information content (AvgIpc) is 3.04. The van der Waals surface area contributed by atoms with E-state index in [4.69, 9.17) is 14.7 Å². The van der Waals surface area contributed by atoms with Crippen LogP contribution in [0.5, 0.6) is 5.75 Å². The van der Waals surface area contributed by atoms with Crippen molar-refractivity contribution in [1.29, 1.82) is 5.26 Å². The molecule has 1 fully saturated rings. The molecule has 0 bridgehead atoms. The Balaban J connectivity index is 1.62. The summed E-state index contributed by atoms with van der Waals surface area (Å²) in [5.41, 5.74) is 1.62. The van der Waals surface area contributed by atoms with E-state index in [1.54, 1.807) is 40.7 Å². The highest BCUT2D eigenvalue weighted by Gasteiger charge is 2.27. The third-order valence-electron chi connectivity index (χ3n) is 4.98. The third kappa shape index (κ3) is 5.51. The first kappa shape index (κ1) is 22.1. The molecule has 0 radical (unpaired) electrons. The maximum Gasteiger partial charge on any atom is 0.243 e. The average molecular weight is 430 g/mol. The van der Waals surface area contributed by atoms with Crippen molar-refractivity contribution in [2.45, 2.75) is 18.2 Å². The first-order chi connectivity index (χ1) is 14.5. The molecule has 30 heavy (non-hydrogen) atoms. The van der Waals surface area contributed by atoms with Crippen molar-refractivity contribution in [3.05, 3.63) is 54.1 Å². The van der Waals surface area contributed by atoms with Crippen molar-refractivity contribution >= 4 is 15.7 Å². The Hall–Kier alpha value is -2.60. The first-order valence-electron chi connectivity index (χ1n) is 10.1. The van der Waals surface area contributed by atoms with Crippen LogP contribution < -0.4 is 9.64 Å². The number of nitrogens with zero attached hydrogens (tertiary/aromatic N) is 3. The Morgan fingerprint density at radius 1 is 0.967 bits per heavy atom. The Morgan fingerprint density at radius 2 is 1.70 bits per heavy atom. The summed E-state index contributed by atoms with van der Waals surface area (Å²) in [4.78, 5) is 2.43. The number of sulfonamides is 1. The second-order valence-electron chi connectivity index (χ2n) is 6.92. The minimum atomic E-state index is -3.56. The van der Waals surface area contributed by atoms with Crippen molar-refractivity contribution < 1.29 is 17.9 Å². The lowest BCUT2D eigenvalue weighted by Crippen LogP contribution is -2.35. The standard InChI is InChI=1S/C22H27N3O4S/c1-2-28-16-17-29-21-8-10-22(11-9-21)30(26,27)25-13-3-12-24(14-15-25)20-6-4-19(18-23)5-7-20/h4-11H,2-3,12-17H2,1H3. The van der Waals surface area contributed by atoms with Crippen molar-refractivity contribution in [2.75, 3.05) is 50.9 Å². The van der Waals surface area contributed by atoms with Gasteiger partial charge in [-0.15, -0.1) is 0 Å². The summed E-state index contributed by atoms with van der Waals surface area (Å²) in [5.74, 6) is 0.622. The van der Waals surface area contributed by atoms with Crippen LogP contribution in [-0.2, 0) is 14.8 Å². The largest absolute Gasteiger partial charge is 0.491 e. The summed E-state index contributed by atoms with van der Waals surface area (Å²) < 4.78 is 38.5. The van der Waals surface area contributed by atoms with Gasteiger partial charge < -0.3 is 14.4 Å².